The molecular weight excluding hydrogens is 535 g/mol. The topological polar surface area (TPSA) is 12.9 Å². The van der Waals surface area contributed by atoms with Gasteiger partial charge in [0.1, 0.15) is 8.07 Å². The van der Waals surface area contributed by atoms with E-state index in [0.717, 1.165) is 16.6 Å². The molecule has 2 heteroatoms. The maximum Gasteiger partial charge on any atom is 0.113 e. The molecule has 0 fully saturated rings. The van der Waals surface area contributed by atoms with E-state index in [4.69, 9.17) is 4.98 Å². The van der Waals surface area contributed by atoms with Crippen molar-refractivity contribution in [1.29, 1.82) is 0 Å². The molecule has 0 N–H and O–H groups in total. The van der Waals surface area contributed by atoms with Crippen molar-refractivity contribution in [2.45, 2.75) is 13.1 Å². The Labute approximate surface area is 252 Å². The highest BCUT2D eigenvalue weighted by Crippen LogP contribution is 2.46. The zero-order valence-corrected chi connectivity index (χ0v) is 25.2. The van der Waals surface area contributed by atoms with E-state index in [1.807, 2.05) is 0 Å². The van der Waals surface area contributed by atoms with E-state index in [1.165, 1.54) is 70.5 Å². The summed E-state index contributed by atoms with van der Waals surface area (Å²) in [6.07, 6.45) is 0. The second-order valence-corrected chi connectivity index (χ2v) is 16.7. The summed E-state index contributed by atoms with van der Waals surface area (Å²) in [5, 5.41) is 11.9. The van der Waals surface area contributed by atoms with Gasteiger partial charge in [-0.05, 0) is 83.1 Å². The lowest BCUT2D eigenvalue weighted by atomic mass is 9.84. The minimum absolute atomic E-state index is 1.02. The molecule has 202 valence electrons. The van der Waals surface area contributed by atoms with Crippen molar-refractivity contribution in [1.82, 2.24) is 4.98 Å². The number of nitrogens with zero attached hydrogens (tertiary/aromatic N) is 1. The highest BCUT2D eigenvalue weighted by atomic mass is 28.3. The first-order valence-electron chi connectivity index (χ1n) is 15.1. The number of fused-ring (bicyclic) bond motifs is 7. The largest absolute Gasteiger partial charge is 0.248 e. The first-order valence-corrected chi connectivity index (χ1v) is 18.1. The van der Waals surface area contributed by atoms with E-state index in [9.17, 15) is 0 Å². The second-order valence-electron chi connectivity index (χ2n) is 12.3. The fourth-order valence-electron chi connectivity index (χ4n) is 7.59. The summed E-state index contributed by atoms with van der Waals surface area (Å²) < 4.78 is 0. The quantitative estimate of drug-likeness (QED) is 0.151. The van der Waals surface area contributed by atoms with Crippen molar-refractivity contribution in [2.24, 2.45) is 0 Å². The third-order valence-corrected chi connectivity index (χ3v) is 13.2. The summed E-state index contributed by atoms with van der Waals surface area (Å²) in [5.74, 6) is 0. The van der Waals surface area contributed by atoms with Gasteiger partial charge in [0.2, 0.25) is 0 Å². The Morgan fingerprint density at radius 3 is 1.91 bits per heavy atom. The lowest BCUT2D eigenvalue weighted by Gasteiger charge is -2.22. The SMILES string of the molecule is C[Si]1(C)c2ccccc2-c2cc3c(-c4ccc5ccccc5n4)c4ccccc4c(-c4cccc5ccccc45)c3cc21. The normalized spacial score (nSPS) is 13.5. The molecular formula is C41H29NSi. The maximum absolute atomic E-state index is 5.27. The molecule has 0 bridgehead atoms. The van der Waals surface area contributed by atoms with Gasteiger partial charge in [0, 0.05) is 10.9 Å². The fourth-order valence-corrected chi connectivity index (χ4v) is 10.7. The van der Waals surface area contributed by atoms with Gasteiger partial charge in [0.15, 0.2) is 0 Å². The highest BCUT2D eigenvalue weighted by molar-refractivity contribution is 7.04. The monoisotopic (exact) mass is 563 g/mol. The van der Waals surface area contributed by atoms with Crippen LogP contribution in [0.15, 0.2) is 140 Å². The Bertz CT molecular complexity index is 2430. The predicted molar refractivity (Wildman–Crippen MR) is 187 cm³/mol. The first kappa shape index (κ1) is 24.5. The lowest BCUT2D eigenvalue weighted by Crippen LogP contribution is -2.49. The summed E-state index contributed by atoms with van der Waals surface area (Å²) >= 11 is 0. The Hall–Kier alpha value is -5.05. The van der Waals surface area contributed by atoms with Crippen LogP contribution < -0.4 is 10.4 Å². The molecule has 1 aliphatic rings. The van der Waals surface area contributed by atoms with Crippen molar-refractivity contribution in [3.05, 3.63) is 140 Å². The zero-order valence-electron chi connectivity index (χ0n) is 24.2. The molecule has 1 nitrogen and oxygen atoms in total. The highest BCUT2D eigenvalue weighted by Gasteiger charge is 2.38. The molecule has 1 aromatic heterocycles. The smallest absolute Gasteiger partial charge is 0.113 e. The van der Waals surface area contributed by atoms with E-state index < -0.39 is 8.07 Å². The number of pyridine rings is 1. The second kappa shape index (κ2) is 8.97. The van der Waals surface area contributed by atoms with Gasteiger partial charge in [-0.15, -0.1) is 0 Å². The number of para-hydroxylation sites is 1. The van der Waals surface area contributed by atoms with Gasteiger partial charge >= 0.3 is 0 Å². The van der Waals surface area contributed by atoms with Gasteiger partial charge in [0.05, 0.1) is 11.2 Å². The van der Waals surface area contributed by atoms with Crippen molar-refractivity contribution < 1.29 is 0 Å². The average molecular weight is 564 g/mol. The van der Waals surface area contributed by atoms with Crippen molar-refractivity contribution in [3.63, 3.8) is 0 Å². The molecule has 43 heavy (non-hydrogen) atoms. The maximum atomic E-state index is 5.27. The van der Waals surface area contributed by atoms with Crippen LogP contribution in [0.5, 0.6) is 0 Å². The molecule has 0 spiro atoms. The van der Waals surface area contributed by atoms with E-state index in [2.05, 4.69) is 153 Å². The molecule has 7 aromatic carbocycles. The molecule has 0 aliphatic carbocycles. The van der Waals surface area contributed by atoms with Crippen LogP contribution in [0.3, 0.4) is 0 Å². The standard InChI is InChI=1S/C41H29NSi/c1-43(2)38-21-10-8-16-29(38)33-24-34-35(25-39(33)43)40(30-19-11-14-26-12-3-5-15-28(26)30)31-17-6-7-18-32(31)41(34)37-23-22-27-13-4-9-20-36(27)42-37/h3-25H,1-2H3. The van der Waals surface area contributed by atoms with Crippen LogP contribution in [0.2, 0.25) is 13.1 Å². The van der Waals surface area contributed by atoms with Crippen molar-refractivity contribution in [2.75, 3.05) is 0 Å². The van der Waals surface area contributed by atoms with Crippen LogP contribution >= 0.6 is 0 Å². The van der Waals surface area contributed by atoms with Gasteiger partial charge in [-0.1, -0.05) is 134 Å². The van der Waals surface area contributed by atoms with Crippen molar-refractivity contribution in [3.8, 4) is 33.5 Å². The van der Waals surface area contributed by atoms with E-state index in [1.54, 1.807) is 0 Å². The van der Waals surface area contributed by atoms with E-state index in [0.29, 0.717) is 0 Å². The summed E-state index contributed by atoms with van der Waals surface area (Å²) in [7, 11) is -1.89. The number of benzene rings is 7. The van der Waals surface area contributed by atoms with Crippen LogP contribution in [-0.4, -0.2) is 13.1 Å². The van der Waals surface area contributed by atoms with Gasteiger partial charge < -0.3 is 0 Å². The molecule has 9 rings (SSSR count). The predicted octanol–water partition coefficient (Wildman–Crippen LogP) is 9.83. The molecule has 0 atom stereocenters. The minimum Gasteiger partial charge on any atom is -0.248 e. The Morgan fingerprint density at radius 1 is 0.419 bits per heavy atom. The lowest BCUT2D eigenvalue weighted by molar-refractivity contribution is 1.42. The molecule has 0 unspecified atom stereocenters. The minimum atomic E-state index is -1.89. The summed E-state index contributed by atoms with van der Waals surface area (Å²) in [4.78, 5) is 5.27. The molecule has 0 radical (unpaired) electrons. The molecule has 0 amide bonds. The molecule has 2 heterocycles. The molecule has 1 aliphatic heterocycles. The summed E-state index contributed by atoms with van der Waals surface area (Å²) in [6.45, 7) is 5.02. The number of hydrogen-bond acceptors (Lipinski definition) is 1. The first-order chi connectivity index (χ1) is 21.1. The zero-order chi connectivity index (χ0) is 28.7. The van der Waals surface area contributed by atoms with Crippen molar-refractivity contribution >= 4 is 61.7 Å². The molecule has 8 aromatic rings. The fraction of sp³-hybridized carbons (Fsp3) is 0.0488. The van der Waals surface area contributed by atoms with Crippen LogP contribution in [0.4, 0.5) is 0 Å². The van der Waals surface area contributed by atoms with Gasteiger partial charge in [-0.25, -0.2) is 4.98 Å². The molecule has 0 saturated heterocycles. The number of rotatable bonds is 2. The number of hydrogen-bond donors (Lipinski definition) is 0. The van der Waals surface area contributed by atoms with Gasteiger partial charge in [0.25, 0.3) is 0 Å². The van der Waals surface area contributed by atoms with Crippen LogP contribution in [-0.2, 0) is 0 Å². The number of aromatic nitrogens is 1. The third kappa shape index (κ3) is 3.48. The molecule has 0 saturated carbocycles. The third-order valence-electron chi connectivity index (χ3n) is 9.64. The average Bonchev–Trinajstić information content (AvgIpc) is 3.28. The summed E-state index contributed by atoms with van der Waals surface area (Å²) in [5.41, 5.74) is 8.64. The van der Waals surface area contributed by atoms with Gasteiger partial charge in [-0.3, -0.25) is 0 Å². The van der Waals surface area contributed by atoms with Gasteiger partial charge in [-0.2, -0.15) is 0 Å². The Balaban J connectivity index is 1.50. The van der Waals surface area contributed by atoms with E-state index >= 15 is 0 Å². The van der Waals surface area contributed by atoms with E-state index in [-0.39, 0.29) is 0 Å². The Kier molecular flexibility index (Phi) is 5.12. The summed E-state index contributed by atoms with van der Waals surface area (Å²) in [6, 6.07) is 51.5. The van der Waals surface area contributed by atoms with Crippen LogP contribution in [0.25, 0.3) is 76.7 Å². The van der Waals surface area contributed by atoms with Crippen LogP contribution in [0.1, 0.15) is 0 Å². The van der Waals surface area contributed by atoms with Crippen LogP contribution in [0, 0.1) is 0 Å². The Morgan fingerprint density at radius 2 is 1.05 bits per heavy atom.